The molecule has 4 heteroatoms. The molecule has 0 aromatic heterocycles. The Bertz CT molecular complexity index is 310. The van der Waals surface area contributed by atoms with Crippen LogP contribution in [0.1, 0.15) is 13.8 Å². The molecule has 1 aliphatic heterocycles. The zero-order valence-corrected chi connectivity index (χ0v) is 14.7. The van der Waals surface area contributed by atoms with Gasteiger partial charge in [-0.3, -0.25) is 0 Å². The minimum atomic E-state index is -1.90. The molecule has 1 rings (SSSR count). The highest BCUT2D eigenvalue weighted by atomic mass is 29.6. The Labute approximate surface area is 103 Å². The molecular formula is C12H26OSi3. The van der Waals surface area contributed by atoms with Crippen molar-refractivity contribution in [3.63, 3.8) is 0 Å². The van der Waals surface area contributed by atoms with Crippen molar-refractivity contribution in [2.45, 2.75) is 51.7 Å². The number of rotatable bonds is 2. The summed E-state index contributed by atoms with van der Waals surface area (Å²) < 4.78 is 6.51. The molecule has 0 aromatic rings. The average molecular weight is 271 g/mol. The molecule has 1 fully saturated rings. The zero-order chi connectivity index (χ0) is 12.8. The molecule has 0 spiro atoms. The van der Waals surface area contributed by atoms with Crippen LogP contribution >= 0.6 is 0 Å². The van der Waals surface area contributed by atoms with Gasteiger partial charge in [0.15, 0.2) is 0 Å². The normalized spacial score (nSPS) is 29.4. The van der Waals surface area contributed by atoms with Crippen molar-refractivity contribution < 1.29 is 4.43 Å². The third-order valence-corrected chi connectivity index (χ3v) is 41.4. The van der Waals surface area contributed by atoms with Crippen LogP contribution < -0.4 is 0 Å². The molecular weight excluding hydrogens is 244 g/mol. The molecule has 0 saturated carbocycles. The van der Waals surface area contributed by atoms with Crippen LogP contribution in [-0.4, -0.2) is 28.1 Å². The molecule has 1 aliphatic rings. The molecule has 0 aliphatic carbocycles. The van der Waals surface area contributed by atoms with E-state index in [1.165, 1.54) is 6.04 Å². The van der Waals surface area contributed by atoms with Gasteiger partial charge in [-0.1, -0.05) is 37.6 Å². The van der Waals surface area contributed by atoms with Gasteiger partial charge in [0.1, 0.15) is 0 Å². The lowest BCUT2D eigenvalue weighted by molar-refractivity contribution is 0.126. The van der Waals surface area contributed by atoms with Crippen LogP contribution in [0.2, 0.25) is 32.2 Å². The van der Waals surface area contributed by atoms with Gasteiger partial charge in [0.25, 0.3) is 0 Å². The summed E-state index contributed by atoms with van der Waals surface area (Å²) in [6.07, 6.45) is 0. The summed E-state index contributed by atoms with van der Waals surface area (Å²) in [7, 11) is -4.47. The van der Waals surface area contributed by atoms with Gasteiger partial charge in [0.05, 0.1) is 7.11 Å². The van der Waals surface area contributed by atoms with E-state index in [9.17, 15) is 0 Å². The Morgan fingerprint density at radius 2 is 1.50 bits per heavy atom. The second kappa shape index (κ2) is 3.80. The Kier molecular flexibility index (Phi) is 3.36. The molecule has 0 unspecified atom stereocenters. The van der Waals surface area contributed by atoms with Gasteiger partial charge in [-0.25, -0.2) is 0 Å². The van der Waals surface area contributed by atoms with E-state index < -0.39 is 22.5 Å². The van der Waals surface area contributed by atoms with E-state index in [1.807, 2.05) is 0 Å². The van der Waals surface area contributed by atoms with Crippen LogP contribution in [0.3, 0.4) is 0 Å². The molecule has 1 nitrogen and oxygen atoms in total. The maximum absolute atomic E-state index is 6.51. The highest BCUT2D eigenvalue weighted by Crippen LogP contribution is 2.44. The van der Waals surface area contributed by atoms with Crippen molar-refractivity contribution >= 4 is 22.5 Å². The summed E-state index contributed by atoms with van der Waals surface area (Å²) in [5, 5.41) is 0. The molecule has 16 heavy (non-hydrogen) atoms. The lowest BCUT2D eigenvalue weighted by Crippen LogP contribution is -2.78. The zero-order valence-electron chi connectivity index (χ0n) is 11.7. The Morgan fingerprint density at radius 1 is 1.06 bits per heavy atom. The first-order valence-corrected chi connectivity index (χ1v) is 16.3. The monoisotopic (exact) mass is 270 g/mol. The van der Waals surface area contributed by atoms with Crippen LogP contribution in [-0.2, 0) is 4.43 Å². The van der Waals surface area contributed by atoms with Crippen LogP contribution in [0, 0.1) is 0 Å². The lowest BCUT2D eigenvalue weighted by Gasteiger charge is -2.57. The quantitative estimate of drug-likeness (QED) is 0.694. The third kappa shape index (κ3) is 1.85. The van der Waals surface area contributed by atoms with E-state index >= 15 is 0 Å². The van der Waals surface area contributed by atoms with E-state index in [4.69, 9.17) is 4.43 Å². The predicted molar refractivity (Wildman–Crippen MR) is 81.1 cm³/mol. The summed E-state index contributed by atoms with van der Waals surface area (Å²) in [4.78, 5) is 0. The molecule has 0 bridgehead atoms. The maximum Gasteiger partial charge on any atom is 0.223 e. The number of hydrogen-bond acceptors (Lipinski definition) is 1. The fraction of sp³-hybridized carbons (Fsp3) is 0.667. The SMILES string of the molecule is C=C[Si]1(C=C)OC(C)(C)C[Si](C)(C)[Si]1(C)C. The van der Waals surface area contributed by atoms with Crippen molar-refractivity contribution in [3.8, 4) is 0 Å². The van der Waals surface area contributed by atoms with E-state index in [1.54, 1.807) is 0 Å². The van der Waals surface area contributed by atoms with Gasteiger partial charge in [0, 0.05) is 13.2 Å². The Balaban J connectivity index is 3.36. The Morgan fingerprint density at radius 3 is 1.88 bits per heavy atom. The third-order valence-electron chi connectivity index (χ3n) is 4.59. The molecule has 92 valence electrons. The summed E-state index contributed by atoms with van der Waals surface area (Å²) in [6.45, 7) is 22.7. The smallest absolute Gasteiger partial charge is 0.223 e. The molecule has 0 atom stereocenters. The van der Waals surface area contributed by atoms with Gasteiger partial charge in [-0.05, 0) is 19.9 Å². The minimum Gasteiger partial charge on any atom is -0.408 e. The highest BCUT2D eigenvalue weighted by molar-refractivity contribution is 7.70. The topological polar surface area (TPSA) is 9.23 Å². The molecule has 0 N–H and O–H groups in total. The summed E-state index contributed by atoms with van der Waals surface area (Å²) >= 11 is 0. The van der Waals surface area contributed by atoms with Crippen molar-refractivity contribution in [1.29, 1.82) is 0 Å². The first kappa shape index (κ1) is 14.2. The fourth-order valence-corrected chi connectivity index (χ4v) is 32.6. The second-order valence-corrected chi connectivity index (χ2v) is 32.1. The molecule has 0 radical (unpaired) electrons. The summed E-state index contributed by atoms with van der Waals surface area (Å²) in [6, 6.07) is 1.27. The standard InChI is InChI=1S/C12H26OSi3/c1-9-16(10-2)13-12(3,4)11-14(5,6)15(16,7)8/h9-10H,1-2,11H2,3-8H3. The number of hydrogen-bond donors (Lipinski definition) is 0. The molecule has 1 heterocycles. The van der Waals surface area contributed by atoms with Gasteiger partial charge >= 0.3 is 0 Å². The predicted octanol–water partition coefficient (Wildman–Crippen LogP) is 3.76. The molecule has 0 aromatic carbocycles. The second-order valence-electron chi connectivity index (χ2n) is 6.75. The van der Waals surface area contributed by atoms with Gasteiger partial charge in [-0.15, -0.1) is 13.2 Å². The van der Waals surface area contributed by atoms with Crippen LogP contribution in [0.15, 0.2) is 24.6 Å². The largest absolute Gasteiger partial charge is 0.408 e. The van der Waals surface area contributed by atoms with Crippen LogP contribution in [0.5, 0.6) is 0 Å². The van der Waals surface area contributed by atoms with Crippen LogP contribution in [0.25, 0.3) is 0 Å². The Hall–Kier alpha value is 0.0906. The lowest BCUT2D eigenvalue weighted by atomic mass is 10.2. The first-order valence-electron chi connectivity index (χ1n) is 6.01. The van der Waals surface area contributed by atoms with E-state index in [2.05, 4.69) is 64.6 Å². The van der Waals surface area contributed by atoms with Crippen molar-refractivity contribution in [2.75, 3.05) is 0 Å². The van der Waals surface area contributed by atoms with E-state index in [-0.39, 0.29) is 5.60 Å². The van der Waals surface area contributed by atoms with Crippen molar-refractivity contribution in [2.24, 2.45) is 0 Å². The van der Waals surface area contributed by atoms with Gasteiger partial charge in [0.2, 0.25) is 7.83 Å². The van der Waals surface area contributed by atoms with E-state index in [0.29, 0.717) is 0 Å². The highest BCUT2D eigenvalue weighted by Gasteiger charge is 2.62. The van der Waals surface area contributed by atoms with Crippen molar-refractivity contribution in [1.82, 2.24) is 0 Å². The van der Waals surface area contributed by atoms with Gasteiger partial charge < -0.3 is 4.43 Å². The maximum atomic E-state index is 6.51. The van der Waals surface area contributed by atoms with Gasteiger partial charge in [-0.2, -0.15) is 0 Å². The average Bonchev–Trinajstić information content (AvgIpc) is 2.10. The van der Waals surface area contributed by atoms with Crippen LogP contribution in [0.4, 0.5) is 0 Å². The minimum absolute atomic E-state index is 0.0207. The summed E-state index contributed by atoms with van der Waals surface area (Å²) in [5.41, 5.74) is 4.30. The molecule has 1 saturated heterocycles. The summed E-state index contributed by atoms with van der Waals surface area (Å²) in [5.74, 6) is 0. The molecule has 0 amide bonds. The van der Waals surface area contributed by atoms with E-state index in [0.717, 1.165) is 0 Å². The first-order chi connectivity index (χ1) is 7.04. The van der Waals surface area contributed by atoms with Crippen molar-refractivity contribution in [3.05, 3.63) is 24.6 Å². The fourth-order valence-electron chi connectivity index (χ4n) is 3.11.